The third-order valence-corrected chi connectivity index (χ3v) is 6.61. The van der Waals surface area contributed by atoms with Crippen LogP contribution < -0.4 is 5.56 Å². The molecule has 0 bridgehead atoms. The highest BCUT2D eigenvalue weighted by atomic mass is 16.2. The van der Waals surface area contributed by atoms with Crippen molar-refractivity contribution in [3.05, 3.63) is 69.3 Å². The number of carbonyl (C=O) groups excluding carboxylic acids is 2. The van der Waals surface area contributed by atoms with Crippen LogP contribution in [0.2, 0.25) is 0 Å². The highest BCUT2D eigenvalue weighted by Crippen LogP contribution is 2.31. The molecule has 2 aliphatic rings. The van der Waals surface area contributed by atoms with Gasteiger partial charge in [-0.15, -0.1) is 0 Å². The zero-order valence-electron chi connectivity index (χ0n) is 18.2. The number of hydrogen-bond acceptors (Lipinski definition) is 4. The standard InChI is InChI=1S/C24H27N5O3/c1-16(30)27-12-10-19-18(15-27)24(32)29-22(25-19)14-20(26-29)21-9-5-6-11-28(21)23(31)13-17-7-3-2-4-8-17/h2-4,7-8,14,21,26H,5-6,9-13,15H2,1H3/t21-/m1/s1. The van der Waals surface area contributed by atoms with Gasteiger partial charge in [0.05, 0.1) is 36.0 Å². The van der Waals surface area contributed by atoms with Crippen molar-refractivity contribution in [3.8, 4) is 0 Å². The van der Waals surface area contributed by atoms with Crippen LogP contribution >= 0.6 is 0 Å². The van der Waals surface area contributed by atoms with E-state index in [-0.39, 0.29) is 23.4 Å². The molecule has 5 rings (SSSR count). The second-order valence-electron chi connectivity index (χ2n) is 8.70. The molecule has 2 aromatic heterocycles. The molecular formula is C24H27N5O3. The molecule has 32 heavy (non-hydrogen) atoms. The van der Waals surface area contributed by atoms with Gasteiger partial charge in [-0.3, -0.25) is 19.5 Å². The lowest BCUT2D eigenvalue weighted by Crippen LogP contribution is -2.40. The van der Waals surface area contributed by atoms with E-state index in [2.05, 4.69) is 5.10 Å². The summed E-state index contributed by atoms with van der Waals surface area (Å²) >= 11 is 0. The first-order chi connectivity index (χ1) is 15.5. The Bertz CT molecular complexity index is 1230. The van der Waals surface area contributed by atoms with Crippen LogP contribution in [0.1, 0.15) is 54.7 Å². The fourth-order valence-corrected chi connectivity index (χ4v) is 4.86. The van der Waals surface area contributed by atoms with Gasteiger partial charge in [0.15, 0.2) is 5.65 Å². The van der Waals surface area contributed by atoms with E-state index in [0.717, 1.165) is 36.2 Å². The minimum Gasteiger partial charge on any atom is -0.338 e. The molecule has 2 amide bonds. The first-order valence-corrected chi connectivity index (χ1v) is 11.2. The number of aromatic amines is 1. The van der Waals surface area contributed by atoms with E-state index in [0.29, 0.717) is 43.7 Å². The maximum absolute atomic E-state index is 13.2. The van der Waals surface area contributed by atoms with Gasteiger partial charge in [-0.2, -0.15) is 0 Å². The normalized spacial score (nSPS) is 18.6. The molecule has 1 fully saturated rings. The van der Waals surface area contributed by atoms with Crippen LogP contribution in [0.5, 0.6) is 0 Å². The Morgan fingerprint density at radius 2 is 1.97 bits per heavy atom. The number of amides is 2. The van der Waals surface area contributed by atoms with E-state index in [9.17, 15) is 14.4 Å². The number of aromatic nitrogens is 3. The minimum absolute atomic E-state index is 0.0397. The molecule has 4 heterocycles. The van der Waals surface area contributed by atoms with Crippen molar-refractivity contribution in [3.63, 3.8) is 0 Å². The number of rotatable bonds is 3. The Kier molecular flexibility index (Phi) is 5.28. The summed E-state index contributed by atoms with van der Waals surface area (Å²) in [6.45, 7) is 3.09. The Balaban J connectivity index is 1.46. The Hall–Kier alpha value is -3.42. The van der Waals surface area contributed by atoms with Crippen LogP contribution in [0, 0.1) is 0 Å². The van der Waals surface area contributed by atoms with Crippen molar-refractivity contribution < 1.29 is 9.59 Å². The van der Waals surface area contributed by atoms with Gasteiger partial charge < -0.3 is 9.80 Å². The Morgan fingerprint density at radius 1 is 1.16 bits per heavy atom. The summed E-state index contributed by atoms with van der Waals surface area (Å²) in [5.74, 6) is 0.0540. The SMILES string of the molecule is CC(=O)N1CCc2nc3cc([C@H]4CCCCN4C(=O)Cc4ccccc4)[nH]n3c(=O)c2C1. The number of benzene rings is 1. The molecule has 0 saturated carbocycles. The summed E-state index contributed by atoms with van der Waals surface area (Å²) in [5.41, 5.74) is 3.57. The van der Waals surface area contributed by atoms with E-state index in [4.69, 9.17) is 4.98 Å². The maximum atomic E-state index is 13.2. The quantitative estimate of drug-likeness (QED) is 0.686. The summed E-state index contributed by atoms with van der Waals surface area (Å²) in [5, 5.41) is 3.22. The summed E-state index contributed by atoms with van der Waals surface area (Å²) in [4.78, 5) is 46.4. The van der Waals surface area contributed by atoms with Gasteiger partial charge in [0, 0.05) is 32.5 Å². The summed E-state index contributed by atoms with van der Waals surface area (Å²) in [7, 11) is 0. The molecule has 0 unspecified atom stereocenters. The zero-order chi connectivity index (χ0) is 22.2. The highest BCUT2D eigenvalue weighted by Gasteiger charge is 2.30. The predicted molar refractivity (Wildman–Crippen MR) is 119 cm³/mol. The van der Waals surface area contributed by atoms with Crippen molar-refractivity contribution in [2.45, 2.75) is 51.6 Å². The lowest BCUT2D eigenvalue weighted by molar-refractivity contribution is -0.134. The number of piperidine rings is 1. The number of nitrogens with zero attached hydrogens (tertiary/aromatic N) is 4. The summed E-state index contributed by atoms with van der Waals surface area (Å²) in [6, 6.07) is 11.6. The molecule has 1 N–H and O–H groups in total. The van der Waals surface area contributed by atoms with Crippen molar-refractivity contribution in [2.24, 2.45) is 0 Å². The number of fused-ring (bicyclic) bond motifs is 2. The van der Waals surface area contributed by atoms with Crippen molar-refractivity contribution in [1.29, 1.82) is 0 Å². The first kappa shape index (κ1) is 20.5. The second-order valence-corrected chi connectivity index (χ2v) is 8.70. The average Bonchev–Trinajstić information content (AvgIpc) is 3.24. The smallest absolute Gasteiger partial charge is 0.277 e. The van der Waals surface area contributed by atoms with E-state index in [1.54, 1.807) is 4.90 Å². The molecule has 0 spiro atoms. The van der Waals surface area contributed by atoms with Crippen LogP contribution in [-0.4, -0.2) is 49.3 Å². The fraction of sp³-hybridized carbons (Fsp3) is 0.417. The number of hydrogen-bond donors (Lipinski definition) is 1. The maximum Gasteiger partial charge on any atom is 0.277 e. The number of H-pyrrole nitrogens is 1. The molecule has 166 valence electrons. The third-order valence-electron chi connectivity index (χ3n) is 6.61. The number of carbonyl (C=O) groups is 2. The largest absolute Gasteiger partial charge is 0.338 e. The summed E-state index contributed by atoms with van der Waals surface area (Å²) in [6.07, 6.45) is 3.79. The van der Waals surface area contributed by atoms with Crippen LogP contribution in [-0.2, 0) is 29.0 Å². The van der Waals surface area contributed by atoms with Gasteiger partial charge in [0.1, 0.15) is 0 Å². The Morgan fingerprint density at radius 3 is 2.75 bits per heavy atom. The molecule has 1 aromatic carbocycles. The lowest BCUT2D eigenvalue weighted by Gasteiger charge is -2.35. The second kappa shape index (κ2) is 8.26. The molecular weight excluding hydrogens is 406 g/mol. The van der Waals surface area contributed by atoms with Gasteiger partial charge in [0.2, 0.25) is 11.8 Å². The van der Waals surface area contributed by atoms with Crippen molar-refractivity contribution >= 4 is 17.5 Å². The van der Waals surface area contributed by atoms with Gasteiger partial charge in [-0.25, -0.2) is 9.50 Å². The molecule has 8 nitrogen and oxygen atoms in total. The minimum atomic E-state index is -0.167. The number of nitrogens with one attached hydrogen (secondary N) is 1. The molecule has 2 aliphatic heterocycles. The zero-order valence-corrected chi connectivity index (χ0v) is 18.2. The van der Waals surface area contributed by atoms with E-state index in [1.165, 1.54) is 11.4 Å². The van der Waals surface area contributed by atoms with Crippen LogP contribution in [0.4, 0.5) is 0 Å². The lowest BCUT2D eigenvalue weighted by atomic mass is 9.98. The van der Waals surface area contributed by atoms with E-state index in [1.807, 2.05) is 41.3 Å². The molecule has 0 radical (unpaired) electrons. The topological polar surface area (TPSA) is 90.8 Å². The Labute approximate surface area is 185 Å². The van der Waals surface area contributed by atoms with Gasteiger partial charge in [-0.1, -0.05) is 30.3 Å². The molecule has 3 aromatic rings. The third kappa shape index (κ3) is 3.70. The van der Waals surface area contributed by atoms with Gasteiger partial charge in [0.25, 0.3) is 5.56 Å². The van der Waals surface area contributed by atoms with E-state index < -0.39 is 0 Å². The average molecular weight is 434 g/mol. The van der Waals surface area contributed by atoms with Crippen molar-refractivity contribution in [1.82, 2.24) is 24.4 Å². The molecule has 0 aliphatic carbocycles. The monoisotopic (exact) mass is 433 g/mol. The van der Waals surface area contributed by atoms with Gasteiger partial charge in [-0.05, 0) is 24.8 Å². The molecule has 1 atom stereocenters. The molecule has 8 heteroatoms. The van der Waals surface area contributed by atoms with Crippen molar-refractivity contribution in [2.75, 3.05) is 13.1 Å². The van der Waals surface area contributed by atoms with Crippen LogP contribution in [0.25, 0.3) is 5.65 Å². The molecule has 1 saturated heterocycles. The van der Waals surface area contributed by atoms with Crippen LogP contribution in [0.3, 0.4) is 0 Å². The highest BCUT2D eigenvalue weighted by molar-refractivity contribution is 5.79. The van der Waals surface area contributed by atoms with Crippen LogP contribution in [0.15, 0.2) is 41.2 Å². The summed E-state index contributed by atoms with van der Waals surface area (Å²) < 4.78 is 1.46. The first-order valence-electron chi connectivity index (χ1n) is 11.2. The van der Waals surface area contributed by atoms with E-state index >= 15 is 0 Å². The fourth-order valence-electron chi connectivity index (χ4n) is 4.86. The number of likely N-dealkylation sites (tertiary alicyclic amines) is 1. The predicted octanol–water partition coefficient (Wildman–Crippen LogP) is 2.22. The van der Waals surface area contributed by atoms with Gasteiger partial charge >= 0.3 is 0 Å².